The van der Waals surface area contributed by atoms with Crippen molar-refractivity contribution in [3.05, 3.63) is 35.1 Å². The van der Waals surface area contributed by atoms with Crippen LogP contribution >= 0.6 is 11.3 Å². The second-order valence-corrected chi connectivity index (χ2v) is 14.6. The van der Waals surface area contributed by atoms with Gasteiger partial charge < -0.3 is 4.74 Å². The predicted molar refractivity (Wildman–Crippen MR) is 144 cm³/mol. The second-order valence-electron chi connectivity index (χ2n) is 11.9. The van der Waals surface area contributed by atoms with Gasteiger partial charge in [0.2, 0.25) is 10.0 Å². The zero-order valence-corrected chi connectivity index (χ0v) is 24.2. The molecule has 2 fully saturated rings. The number of rotatable bonds is 6. The Morgan fingerprint density at radius 3 is 2.62 bits per heavy atom. The van der Waals surface area contributed by atoms with Crippen LogP contribution in [0.4, 0.5) is 13.6 Å². The number of ether oxygens (including phenoxy) is 1. The van der Waals surface area contributed by atoms with Crippen LogP contribution in [-0.4, -0.2) is 62.2 Å². The van der Waals surface area contributed by atoms with E-state index >= 15 is 0 Å². The summed E-state index contributed by atoms with van der Waals surface area (Å²) in [6, 6.07) is 1.35. The zero-order chi connectivity index (χ0) is 28.6. The highest BCUT2D eigenvalue weighted by Gasteiger charge is 2.43. The number of amides is 1. The van der Waals surface area contributed by atoms with Crippen LogP contribution in [0.25, 0.3) is 21.9 Å². The lowest BCUT2D eigenvalue weighted by Gasteiger charge is -2.35. The Kier molecular flexibility index (Phi) is 6.31. The summed E-state index contributed by atoms with van der Waals surface area (Å²) in [5.41, 5.74) is 1.04. The van der Waals surface area contributed by atoms with E-state index in [0.29, 0.717) is 28.8 Å². The molecule has 0 aromatic carbocycles. The molecule has 2 bridgehead atoms. The Morgan fingerprint density at radius 1 is 1.25 bits per heavy atom. The summed E-state index contributed by atoms with van der Waals surface area (Å²) in [4.78, 5) is 19.2. The lowest BCUT2D eigenvalue weighted by Crippen LogP contribution is -2.45. The normalized spacial score (nSPS) is 22.2. The van der Waals surface area contributed by atoms with Crippen LogP contribution in [0.5, 0.6) is 0 Å². The first-order valence-corrected chi connectivity index (χ1v) is 15.4. The van der Waals surface area contributed by atoms with E-state index < -0.39 is 32.6 Å². The highest BCUT2D eigenvalue weighted by atomic mass is 32.2. The summed E-state index contributed by atoms with van der Waals surface area (Å²) in [5.74, 6) is 0.227. The van der Waals surface area contributed by atoms with Gasteiger partial charge >= 0.3 is 6.09 Å². The Bertz CT molecular complexity index is 1640. The monoisotopic (exact) mass is 592 g/mol. The summed E-state index contributed by atoms with van der Waals surface area (Å²) < 4.78 is 63.5. The zero-order valence-electron chi connectivity index (χ0n) is 22.5. The molecular formula is C26H30F2N6O4S2. The van der Waals surface area contributed by atoms with Crippen molar-refractivity contribution in [2.45, 2.75) is 94.3 Å². The first-order chi connectivity index (χ1) is 18.7. The maximum atomic E-state index is 13.5. The molecule has 3 aromatic heterocycles. The van der Waals surface area contributed by atoms with Crippen molar-refractivity contribution in [2.24, 2.45) is 0 Å². The molecule has 40 heavy (non-hydrogen) atoms. The van der Waals surface area contributed by atoms with E-state index in [-0.39, 0.29) is 33.9 Å². The molecule has 1 saturated heterocycles. The summed E-state index contributed by atoms with van der Waals surface area (Å²) in [6.45, 7) is 7.34. The maximum absolute atomic E-state index is 13.5. The molecular weight excluding hydrogens is 562 g/mol. The van der Waals surface area contributed by atoms with Gasteiger partial charge in [0, 0.05) is 23.3 Å². The number of sulfonamides is 1. The third-order valence-corrected chi connectivity index (χ3v) is 10.0. The fraction of sp³-hybridized carbons (Fsp3) is 0.538. The molecule has 3 aromatic rings. The van der Waals surface area contributed by atoms with E-state index in [1.807, 2.05) is 33.8 Å². The standard InChI is InChI=1S/C26H30F2N6O4S2/c1-25(2,3)38-24(35)34-15-5-6-16(34)10-14(9-15)18-11-17(40(36,37)32-26(4)7-8-26)13-33-19(18)12-29-21(33)23-31-30-22(39-23)20(27)28/h9,11-13,15-16,20,32H,5-8,10H2,1-4H3. The fourth-order valence-corrected chi connectivity index (χ4v) is 7.53. The third kappa shape index (κ3) is 5.00. The van der Waals surface area contributed by atoms with Gasteiger partial charge in [-0.1, -0.05) is 17.4 Å². The number of fused-ring (bicyclic) bond motifs is 3. The number of carbonyl (C=O) groups is 1. The number of aromatic nitrogens is 4. The molecule has 1 saturated carbocycles. The van der Waals surface area contributed by atoms with Crippen molar-refractivity contribution in [3.8, 4) is 10.8 Å². The Morgan fingerprint density at radius 2 is 2.00 bits per heavy atom. The van der Waals surface area contributed by atoms with Crippen LogP contribution in [0.3, 0.4) is 0 Å². The van der Waals surface area contributed by atoms with Gasteiger partial charge in [0.25, 0.3) is 6.43 Å². The highest BCUT2D eigenvalue weighted by Crippen LogP contribution is 2.42. The van der Waals surface area contributed by atoms with Crippen LogP contribution in [0.2, 0.25) is 0 Å². The van der Waals surface area contributed by atoms with Crippen molar-refractivity contribution in [1.82, 2.24) is 29.2 Å². The van der Waals surface area contributed by atoms with Crippen molar-refractivity contribution < 1.29 is 26.7 Å². The van der Waals surface area contributed by atoms with Gasteiger partial charge in [-0.2, -0.15) is 0 Å². The van der Waals surface area contributed by atoms with Crippen LogP contribution in [0.15, 0.2) is 29.4 Å². The van der Waals surface area contributed by atoms with Gasteiger partial charge in [-0.05, 0) is 71.4 Å². The minimum atomic E-state index is -3.91. The first-order valence-electron chi connectivity index (χ1n) is 13.1. The molecule has 0 radical (unpaired) electrons. The van der Waals surface area contributed by atoms with Crippen LogP contribution < -0.4 is 4.72 Å². The summed E-state index contributed by atoms with van der Waals surface area (Å²) >= 11 is 0.714. The molecule has 5 heterocycles. The van der Waals surface area contributed by atoms with Gasteiger partial charge in [-0.3, -0.25) is 9.30 Å². The average molecular weight is 593 g/mol. The largest absolute Gasteiger partial charge is 0.444 e. The molecule has 6 rings (SSSR count). The lowest BCUT2D eigenvalue weighted by molar-refractivity contribution is 0.0175. The molecule has 2 atom stereocenters. The molecule has 10 nitrogen and oxygen atoms in total. The van der Waals surface area contributed by atoms with Crippen LogP contribution in [0.1, 0.15) is 76.8 Å². The van der Waals surface area contributed by atoms with Crippen LogP contribution in [-0.2, 0) is 14.8 Å². The van der Waals surface area contributed by atoms with E-state index in [0.717, 1.165) is 31.3 Å². The predicted octanol–water partition coefficient (Wildman–Crippen LogP) is 5.18. The second kappa shape index (κ2) is 9.28. The fourth-order valence-electron chi connectivity index (χ4n) is 5.35. The number of alkyl halides is 2. The minimum absolute atomic E-state index is 0.0313. The molecule has 3 aliphatic rings. The van der Waals surface area contributed by atoms with Gasteiger partial charge in [-0.25, -0.2) is 31.7 Å². The molecule has 2 aliphatic heterocycles. The number of halogens is 2. The SMILES string of the molecule is CC1(NS(=O)(=O)c2cc(C3=CC4CCC(C3)N4C(=O)OC(C)(C)C)c3cnc(-c4nnc(C(F)F)s4)n3c2)CC1. The van der Waals surface area contributed by atoms with Crippen LogP contribution in [0, 0.1) is 0 Å². The first kappa shape index (κ1) is 27.2. The summed E-state index contributed by atoms with van der Waals surface area (Å²) in [6.07, 6.45) is 5.46. The number of nitrogens with zero attached hydrogens (tertiary/aromatic N) is 5. The summed E-state index contributed by atoms with van der Waals surface area (Å²) in [5, 5.41) is 7.19. The molecule has 14 heteroatoms. The number of hydrogen-bond donors (Lipinski definition) is 1. The Balaban J connectivity index is 1.45. The molecule has 1 aliphatic carbocycles. The topological polar surface area (TPSA) is 119 Å². The number of nitrogens with one attached hydrogen (secondary N) is 1. The number of imidazole rings is 1. The van der Waals surface area contributed by atoms with Crippen molar-refractivity contribution in [3.63, 3.8) is 0 Å². The van der Waals surface area contributed by atoms with E-state index in [9.17, 15) is 22.0 Å². The molecule has 0 spiro atoms. The smallest absolute Gasteiger partial charge is 0.411 e. The molecule has 1 amide bonds. The quantitative estimate of drug-likeness (QED) is 0.419. The van der Waals surface area contributed by atoms with Crippen molar-refractivity contribution >= 4 is 38.5 Å². The number of hydrogen-bond acceptors (Lipinski definition) is 8. The number of carbonyl (C=O) groups excluding carboxylic acids is 1. The highest BCUT2D eigenvalue weighted by molar-refractivity contribution is 7.89. The van der Waals surface area contributed by atoms with E-state index in [1.54, 1.807) is 21.6 Å². The van der Waals surface area contributed by atoms with Gasteiger partial charge in [0.1, 0.15) is 5.60 Å². The van der Waals surface area contributed by atoms with E-state index in [2.05, 4.69) is 19.9 Å². The summed E-state index contributed by atoms with van der Waals surface area (Å²) in [7, 11) is -3.91. The van der Waals surface area contributed by atoms with Gasteiger partial charge in [-0.15, -0.1) is 10.2 Å². The Labute approximate surface area is 234 Å². The van der Waals surface area contributed by atoms with Gasteiger partial charge in [0.15, 0.2) is 15.8 Å². The molecule has 214 valence electrons. The molecule has 1 N–H and O–H groups in total. The lowest BCUT2D eigenvalue weighted by atomic mass is 9.95. The van der Waals surface area contributed by atoms with Gasteiger partial charge in [0.05, 0.1) is 22.7 Å². The Hall–Kier alpha value is -2.97. The average Bonchev–Trinajstić information content (AvgIpc) is 3.20. The minimum Gasteiger partial charge on any atom is -0.444 e. The number of pyridine rings is 1. The van der Waals surface area contributed by atoms with E-state index in [1.165, 1.54) is 6.20 Å². The molecule has 2 unspecified atom stereocenters. The van der Waals surface area contributed by atoms with Crippen molar-refractivity contribution in [1.29, 1.82) is 0 Å². The van der Waals surface area contributed by atoms with Crippen molar-refractivity contribution in [2.75, 3.05) is 0 Å². The third-order valence-electron chi connectivity index (χ3n) is 7.47. The van der Waals surface area contributed by atoms with E-state index in [4.69, 9.17) is 4.74 Å². The maximum Gasteiger partial charge on any atom is 0.411 e.